The Bertz CT molecular complexity index is 1860. The smallest absolute Gasteiger partial charge is 0.410 e. The van der Waals surface area contributed by atoms with Gasteiger partial charge in [0.25, 0.3) is 0 Å². The fourth-order valence-corrected chi connectivity index (χ4v) is 6.89. The molecule has 0 fully saturated rings. The van der Waals surface area contributed by atoms with E-state index in [2.05, 4.69) is 10.6 Å². The van der Waals surface area contributed by atoms with Crippen molar-refractivity contribution in [3.63, 3.8) is 0 Å². The predicted molar refractivity (Wildman–Crippen MR) is 225 cm³/mol. The average molecular weight is 812 g/mol. The molecule has 0 saturated heterocycles. The molecule has 3 N–H and O–H groups in total. The summed E-state index contributed by atoms with van der Waals surface area (Å²) >= 11 is 0. The number of hydrogen-bond acceptors (Lipinski definition) is 8. The number of carboxylic acid groups (broad SMARTS) is 1. The van der Waals surface area contributed by atoms with Crippen LogP contribution in [0.25, 0.3) is 10.9 Å². The van der Waals surface area contributed by atoms with Crippen LogP contribution in [0.5, 0.6) is 0 Å². The Balaban J connectivity index is 2.57. The van der Waals surface area contributed by atoms with E-state index in [0.717, 1.165) is 16.5 Å². The molecule has 1 aromatic heterocycles. The number of fused-ring (bicyclic) bond motifs is 1. The number of nitrogens with zero attached hydrogens (tertiary/aromatic N) is 3. The minimum absolute atomic E-state index is 0.177. The summed E-state index contributed by atoms with van der Waals surface area (Å²) in [6.45, 7) is 24.8. The number of aromatic nitrogens is 1. The molecule has 4 atom stereocenters. The van der Waals surface area contributed by atoms with Gasteiger partial charge in [-0.1, -0.05) is 72.7 Å². The van der Waals surface area contributed by atoms with Crippen LogP contribution in [-0.4, -0.2) is 105 Å². The number of benzene rings is 1. The van der Waals surface area contributed by atoms with Gasteiger partial charge in [0.2, 0.25) is 17.7 Å². The number of aliphatic carboxylic acids is 1. The zero-order valence-corrected chi connectivity index (χ0v) is 37.8. The maximum absolute atomic E-state index is 14.8. The number of amides is 4. The highest BCUT2D eigenvalue weighted by Crippen LogP contribution is 2.37. The molecule has 0 aliphatic carbocycles. The Hall–Kier alpha value is -4.88. The molecule has 0 aliphatic rings. The summed E-state index contributed by atoms with van der Waals surface area (Å²) in [6, 6.07) is 3.72. The van der Waals surface area contributed by atoms with Crippen molar-refractivity contribution in [2.75, 3.05) is 14.1 Å². The number of para-hydroxylation sites is 1. The molecule has 324 valence electrons. The number of rotatable bonds is 15. The topological polar surface area (TPSA) is 177 Å². The van der Waals surface area contributed by atoms with Crippen molar-refractivity contribution in [3.05, 3.63) is 47.7 Å². The van der Waals surface area contributed by atoms with Crippen molar-refractivity contribution < 1.29 is 43.3 Å². The molecule has 58 heavy (non-hydrogen) atoms. The molecule has 2 aromatic rings. The molecule has 4 amide bonds. The standard InChI is InChI=1S/C44H69N5O9/c1-26(2)32(24-27(3)36(52)45-30(22-23-33(50)51)39(55)57-42(7,8)9)48(16)38(54)34(41(4,5)6)46-37(53)35(49(17)40(56)58-43(10,11)12)44(13,14)29-25-47(15)31-21-19-18-20-28(29)31/h18-21,24-26,30,32,34-35H,22-23H2,1-17H3,(H,45,52)(H,46,53)(H,50,51)/b27-24+. The molecule has 0 spiro atoms. The van der Waals surface area contributed by atoms with E-state index in [1.165, 1.54) is 16.8 Å². The van der Waals surface area contributed by atoms with E-state index in [9.17, 15) is 33.9 Å². The Morgan fingerprint density at radius 2 is 1.40 bits per heavy atom. The molecule has 2 rings (SSSR count). The van der Waals surface area contributed by atoms with Gasteiger partial charge in [0, 0.05) is 55.7 Å². The molecule has 14 nitrogen and oxygen atoms in total. The fraction of sp³-hybridized carbons (Fsp3) is 0.636. The largest absolute Gasteiger partial charge is 0.481 e. The van der Waals surface area contributed by atoms with Gasteiger partial charge in [0.15, 0.2) is 0 Å². The predicted octanol–water partition coefficient (Wildman–Crippen LogP) is 6.34. The van der Waals surface area contributed by atoms with E-state index in [4.69, 9.17) is 9.47 Å². The van der Waals surface area contributed by atoms with Gasteiger partial charge in [-0.15, -0.1) is 0 Å². The van der Waals surface area contributed by atoms with E-state index < -0.39 is 82.0 Å². The van der Waals surface area contributed by atoms with Gasteiger partial charge in [-0.3, -0.25) is 24.1 Å². The fourth-order valence-electron chi connectivity index (χ4n) is 6.89. The van der Waals surface area contributed by atoms with Gasteiger partial charge in [-0.05, 0) is 77.8 Å². The van der Waals surface area contributed by atoms with Crippen molar-refractivity contribution in [3.8, 4) is 0 Å². The first kappa shape index (κ1) is 49.3. The first-order chi connectivity index (χ1) is 26.3. The third-order valence-electron chi connectivity index (χ3n) is 9.89. The highest BCUT2D eigenvalue weighted by atomic mass is 16.6. The Labute approximate surface area is 345 Å². The average Bonchev–Trinajstić information content (AvgIpc) is 3.41. The maximum atomic E-state index is 14.8. The number of nitrogens with one attached hydrogen (secondary N) is 2. The zero-order valence-electron chi connectivity index (χ0n) is 37.8. The van der Waals surface area contributed by atoms with Crippen LogP contribution in [0.3, 0.4) is 0 Å². The third-order valence-corrected chi connectivity index (χ3v) is 9.89. The molecule has 0 aliphatic heterocycles. The SMILES string of the molecule is C/C(=C\C(C(C)C)N(C)C(=O)C(NC(=O)C(N(C)C(=O)OC(C)(C)C)C(C)(C)c1cn(C)c2ccccc12)C(C)(C)C)C(=O)NC(CCC(=O)O)C(=O)OC(C)(C)C. The number of esters is 1. The normalized spacial score (nSPS) is 14.9. The lowest BCUT2D eigenvalue weighted by Crippen LogP contribution is -2.63. The summed E-state index contributed by atoms with van der Waals surface area (Å²) < 4.78 is 13.2. The van der Waals surface area contributed by atoms with Crippen LogP contribution in [-0.2, 0) is 45.9 Å². The second-order valence-electron chi connectivity index (χ2n) is 19.2. The molecule has 4 unspecified atom stereocenters. The number of likely N-dealkylation sites (N-methyl/N-ethyl adjacent to an activating group) is 2. The number of carbonyl (C=O) groups is 6. The first-order valence-corrected chi connectivity index (χ1v) is 19.8. The molecule has 1 aromatic carbocycles. The van der Waals surface area contributed by atoms with Crippen LogP contribution in [0, 0.1) is 11.3 Å². The molecule has 0 saturated carbocycles. The van der Waals surface area contributed by atoms with Gasteiger partial charge in [0.05, 0.1) is 6.04 Å². The lowest BCUT2D eigenvalue weighted by atomic mass is 9.76. The summed E-state index contributed by atoms with van der Waals surface area (Å²) in [5, 5.41) is 15.8. The van der Waals surface area contributed by atoms with Gasteiger partial charge >= 0.3 is 18.0 Å². The number of hydrogen-bond donors (Lipinski definition) is 3. The van der Waals surface area contributed by atoms with Crippen LogP contribution in [0.2, 0.25) is 0 Å². The first-order valence-electron chi connectivity index (χ1n) is 19.8. The maximum Gasteiger partial charge on any atom is 0.410 e. The van der Waals surface area contributed by atoms with Crippen molar-refractivity contribution in [1.82, 2.24) is 25.0 Å². The van der Waals surface area contributed by atoms with E-state index in [1.807, 2.05) is 90.5 Å². The summed E-state index contributed by atoms with van der Waals surface area (Å²) in [5.41, 5.74) is -1.55. The molecular weight excluding hydrogens is 743 g/mol. The van der Waals surface area contributed by atoms with Crippen molar-refractivity contribution in [2.45, 2.75) is 151 Å². The number of ether oxygens (including phenoxy) is 2. The summed E-state index contributed by atoms with van der Waals surface area (Å²) in [6.07, 6.45) is 2.32. The molecule has 1 heterocycles. The van der Waals surface area contributed by atoms with Gasteiger partial charge < -0.3 is 34.7 Å². The lowest BCUT2D eigenvalue weighted by molar-refractivity contribution is -0.158. The van der Waals surface area contributed by atoms with E-state index >= 15 is 0 Å². The minimum atomic E-state index is -1.21. The third kappa shape index (κ3) is 13.1. The van der Waals surface area contributed by atoms with Crippen LogP contribution in [0.15, 0.2) is 42.1 Å². The van der Waals surface area contributed by atoms with E-state index in [-0.39, 0.29) is 24.3 Å². The summed E-state index contributed by atoms with van der Waals surface area (Å²) in [4.78, 5) is 83.7. The van der Waals surface area contributed by atoms with E-state index in [0.29, 0.717) is 0 Å². The van der Waals surface area contributed by atoms with E-state index in [1.54, 1.807) is 61.6 Å². The molecule has 0 radical (unpaired) electrons. The minimum Gasteiger partial charge on any atom is -0.481 e. The van der Waals surface area contributed by atoms with Gasteiger partial charge in [-0.25, -0.2) is 9.59 Å². The summed E-state index contributed by atoms with van der Waals surface area (Å²) in [7, 11) is 5.04. The van der Waals surface area contributed by atoms with Gasteiger partial charge in [-0.2, -0.15) is 0 Å². The number of carbonyl (C=O) groups excluding carboxylic acids is 5. The lowest BCUT2D eigenvalue weighted by Gasteiger charge is -2.42. The number of carboxylic acids is 1. The monoisotopic (exact) mass is 812 g/mol. The second kappa shape index (κ2) is 18.8. The van der Waals surface area contributed by atoms with Crippen LogP contribution in [0.1, 0.15) is 115 Å². The summed E-state index contributed by atoms with van der Waals surface area (Å²) in [5.74, 6) is -3.72. The highest BCUT2D eigenvalue weighted by molar-refractivity contribution is 5.97. The Kier molecular flexibility index (Phi) is 16.0. The number of aryl methyl sites for hydroxylation is 1. The Morgan fingerprint density at radius 1 is 0.845 bits per heavy atom. The van der Waals surface area contributed by atoms with Crippen LogP contribution < -0.4 is 10.6 Å². The Morgan fingerprint density at radius 3 is 1.90 bits per heavy atom. The van der Waals surface area contributed by atoms with Crippen molar-refractivity contribution in [2.24, 2.45) is 18.4 Å². The van der Waals surface area contributed by atoms with Crippen LogP contribution >= 0.6 is 0 Å². The quantitative estimate of drug-likeness (QED) is 0.137. The van der Waals surface area contributed by atoms with Crippen molar-refractivity contribution >= 4 is 46.7 Å². The second-order valence-corrected chi connectivity index (χ2v) is 19.2. The van der Waals surface area contributed by atoms with Gasteiger partial charge in [0.1, 0.15) is 29.3 Å². The zero-order chi connectivity index (χ0) is 44.9. The van der Waals surface area contributed by atoms with Crippen molar-refractivity contribution in [1.29, 1.82) is 0 Å². The highest BCUT2D eigenvalue weighted by Gasteiger charge is 2.47. The molecule has 0 bridgehead atoms. The molecular formula is C44H69N5O9. The van der Waals surface area contributed by atoms with Crippen LogP contribution in [0.4, 0.5) is 4.79 Å². The molecule has 14 heteroatoms.